The van der Waals surface area contributed by atoms with Crippen LogP contribution in [0.25, 0.3) is 0 Å². The number of piperidine rings is 1. The first-order chi connectivity index (χ1) is 7.31. The quantitative estimate of drug-likeness (QED) is 0.817. The lowest BCUT2D eigenvalue weighted by atomic mass is 10.0. The predicted octanol–water partition coefficient (Wildman–Crippen LogP) is 1.33. The fraction of sp³-hybridized carbons (Fsp3) is 0.727. The van der Waals surface area contributed by atoms with Crippen LogP contribution in [-0.4, -0.2) is 34.2 Å². The topological polar surface area (TPSA) is 49.5 Å². The van der Waals surface area contributed by atoms with Crippen molar-refractivity contribution in [2.45, 2.75) is 38.8 Å². The number of aryl methyl sites for hydroxylation is 1. The third-order valence-electron chi connectivity index (χ3n) is 3.16. The van der Waals surface area contributed by atoms with Gasteiger partial charge in [0.15, 0.2) is 6.39 Å². The van der Waals surface area contributed by atoms with Gasteiger partial charge in [-0.25, -0.2) is 4.98 Å². The second-order valence-electron chi connectivity index (χ2n) is 4.16. The fourth-order valence-electron chi connectivity index (χ4n) is 2.15. The molecule has 4 heteroatoms. The van der Waals surface area contributed by atoms with E-state index in [0.29, 0.717) is 6.04 Å². The number of rotatable bonds is 3. The van der Waals surface area contributed by atoms with Gasteiger partial charge in [-0.3, -0.25) is 4.90 Å². The highest BCUT2D eigenvalue weighted by atomic mass is 16.3. The highest BCUT2D eigenvalue weighted by Gasteiger charge is 2.22. The number of hydrogen-bond acceptors (Lipinski definition) is 4. The molecule has 1 fully saturated rings. The molecule has 4 nitrogen and oxygen atoms in total. The third kappa shape index (κ3) is 2.38. The Hall–Kier alpha value is -0.870. The van der Waals surface area contributed by atoms with Crippen LogP contribution < -0.4 is 0 Å². The van der Waals surface area contributed by atoms with Crippen LogP contribution in [0.4, 0.5) is 0 Å². The van der Waals surface area contributed by atoms with E-state index in [1.165, 1.54) is 19.2 Å². The number of aliphatic hydroxyl groups is 1. The molecule has 1 aromatic rings. The van der Waals surface area contributed by atoms with Crippen molar-refractivity contribution in [2.24, 2.45) is 0 Å². The van der Waals surface area contributed by atoms with E-state index in [0.717, 1.165) is 31.0 Å². The zero-order valence-corrected chi connectivity index (χ0v) is 9.15. The van der Waals surface area contributed by atoms with Gasteiger partial charge in [0.2, 0.25) is 0 Å². The zero-order valence-electron chi connectivity index (χ0n) is 9.15. The number of aliphatic hydroxyl groups excluding tert-OH is 1. The van der Waals surface area contributed by atoms with E-state index in [1.54, 1.807) is 0 Å². The van der Waals surface area contributed by atoms with Crippen molar-refractivity contribution in [3.8, 4) is 0 Å². The SMILES string of the molecule is Cc1ocnc1CN1CCCCC1CO. The maximum absolute atomic E-state index is 9.27. The third-order valence-corrected chi connectivity index (χ3v) is 3.16. The van der Waals surface area contributed by atoms with Gasteiger partial charge in [-0.15, -0.1) is 0 Å². The molecule has 1 unspecified atom stereocenters. The second-order valence-corrected chi connectivity index (χ2v) is 4.16. The molecule has 0 aliphatic carbocycles. The number of aromatic nitrogens is 1. The van der Waals surface area contributed by atoms with Crippen LogP contribution in [0.5, 0.6) is 0 Å². The summed E-state index contributed by atoms with van der Waals surface area (Å²) in [7, 11) is 0. The second kappa shape index (κ2) is 4.77. The predicted molar refractivity (Wildman–Crippen MR) is 56.4 cm³/mol. The molecule has 0 amide bonds. The first-order valence-corrected chi connectivity index (χ1v) is 5.55. The summed E-state index contributed by atoms with van der Waals surface area (Å²) in [4.78, 5) is 6.49. The Morgan fingerprint density at radius 3 is 3.13 bits per heavy atom. The van der Waals surface area contributed by atoms with Gasteiger partial charge in [0.1, 0.15) is 5.76 Å². The van der Waals surface area contributed by atoms with Crippen molar-refractivity contribution in [3.63, 3.8) is 0 Å². The van der Waals surface area contributed by atoms with Gasteiger partial charge < -0.3 is 9.52 Å². The Kier molecular flexibility index (Phi) is 3.38. The molecular weight excluding hydrogens is 192 g/mol. The molecule has 1 N–H and O–H groups in total. The molecule has 0 radical (unpaired) electrons. The van der Waals surface area contributed by atoms with Crippen LogP contribution in [0, 0.1) is 6.92 Å². The number of likely N-dealkylation sites (tertiary alicyclic amines) is 1. The summed E-state index contributed by atoms with van der Waals surface area (Å²) in [5.41, 5.74) is 0.996. The smallest absolute Gasteiger partial charge is 0.181 e. The van der Waals surface area contributed by atoms with Gasteiger partial charge in [-0.1, -0.05) is 6.42 Å². The Balaban J connectivity index is 2.00. The van der Waals surface area contributed by atoms with E-state index in [4.69, 9.17) is 4.42 Å². The maximum Gasteiger partial charge on any atom is 0.181 e. The van der Waals surface area contributed by atoms with Crippen LogP contribution in [0.2, 0.25) is 0 Å². The molecule has 0 saturated carbocycles. The summed E-state index contributed by atoms with van der Waals surface area (Å²) in [6, 6.07) is 0.301. The van der Waals surface area contributed by atoms with Crippen LogP contribution >= 0.6 is 0 Å². The summed E-state index contributed by atoms with van der Waals surface area (Å²) < 4.78 is 5.17. The van der Waals surface area contributed by atoms with Gasteiger partial charge >= 0.3 is 0 Å². The van der Waals surface area contributed by atoms with Crippen LogP contribution in [0.3, 0.4) is 0 Å². The minimum Gasteiger partial charge on any atom is -0.448 e. The van der Waals surface area contributed by atoms with E-state index < -0.39 is 0 Å². The highest BCUT2D eigenvalue weighted by molar-refractivity contribution is 5.05. The number of oxazole rings is 1. The van der Waals surface area contributed by atoms with Crippen molar-refractivity contribution in [3.05, 3.63) is 17.8 Å². The van der Waals surface area contributed by atoms with E-state index in [1.807, 2.05) is 6.92 Å². The van der Waals surface area contributed by atoms with Gasteiger partial charge in [-0.05, 0) is 26.3 Å². The molecule has 1 atom stereocenters. The van der Waals surface area contributed by atoms with Gasteiger partial charge in [0.25, 0.3) is 0 Å². The van der Waals surface area contributed by atoms with Crippen LogP contribution in [0.15, 0.2) is 10.8 Å². The van der Waals surface area contributed by atoms with Gasteiger partial charge in [-0.2, -0.15) is 0 Å². The number of hydrogen-bond donors (Lipinski definition) is 1. The molecule has 0 spiro atoms. The van der Waals surface area contributed by atoms with E-state index in [-0.39, 0.29) is 6.61 Å². The average molecular weight is 210 g/mol. The van der Waals surface area contributed by atoms with Crippen LogP contribution in [-0.2, 0) is 6.54 Å². The minimum atomic E-state index is 0.247. The lowest BCUT2D eigenvalue weighted by Gasteiger charge is -2.33. The van der Waals surface area contributed by atoms with Gasteiger partial charge in [0.05, 0.1) is 12.3 Å². The lowest BCUT2D eigenvalue weighted by Crippen LogP contribution is -2.41. The Morgan fingerprint density at radius 1 is 1.60 bits per heavy atom. The summed E-state index contributed by atoms with van der Waals surface area (Å²) >= 11 is 0. The fourth-order valence-corrected chi connectivity index (χ4v) is 2.15. The molecule has 0 bridgehead atoms. The van der Waals surface area contributed by atoms with Crippen LogP contribution in [0.1, 0.15) is 30.7 Å². The monoisotopic (exact) mass is 210 g/mol. The molecule has 2 heterocycles. The molecule has 1 aliphatic rings. The molecule has 1 saturated heterocycles. The van der Waals surface area contributed by atoms with Gasteiger partial charge in [0, 0.05) is 12.6 Å². The lowest BCUT2D eigenvalue weighted by molar-refractivity contribution is 0.0828. The largest absolute Gasteiger partial charge is 0.448 e. The number of nitrogens with zero attached hydrogens (tertiary/aromatic N) is 2. The Labute approximate surface area is 89.9 Å². The van der Waals surface area contributed by atoms with E-state index >= 15 is 0 Å². The molecular formula is C11H18N2O2. The van der Waals surface area contributed by atoms with Crippen molar-refractivity contribution in [2.75, 3.05) is 13.2 Å². The van der Waals surface area contributed by atoms with Crippen molar-refractivity contribution in [1.29, 1.82) is 0 Å². The van der Waals surface area contributed by atoms with Crippen molar-refractivity contribution < 1.29 is 9.52 Å². The zero-order chi connectivity index (χ0) is 10.7. The Morgan fingerprint density at radius 2 is 2.47 bits per heavy atom. The normalized spacial score (nSPS) is 23.2. The first-order valence-electron chi connectivity index (χ1n) is 5.55. The van der Waals surface area contributed by atoms with E-state index in [9.17, 15) is 5.11 Å². The molecule has 15 heavy (non-hydrogen) atoms. The average Bonchev–Trinajstić information content (AvgIpc) is 2.65. The molecule has 84 valence electrons. The Bertz CT molecular complexity index is 311. The minimum absolute atomic E-state index is 0.247. The molecule has 2 rings (SSSR count). The molecule has 0 aromatic carbocycles. The van der Waals surface area contributed by atoms with Crippen molar-refractivity contribution >= 4 is 0 Å². The first kappa shape index (κ1) is 10.6. The molecule has 1 aromatic heterocycles. The maximum atomic E-state index is 9.27. The summed E-state index contributed by atoms with van der Waals surface area (Å²) in [5.74, 6) is 0.886. The summed E-state index contributed by atoms with van der Waals surface area (Å²) in [6.45, 7) is 4.03. The van der Waals surface area contributed by atoms with Crippen molar-refractivity contribution in [1.82, 2.24) is 9.88 Å². The summed E-state index contributed by atoms with van der Waals surface area (Å²) in [6.07, 6.45) is 5.02. The molecule has 1 aliphatic heterocycles. The summed E-state index contributed by atoms with van der Waals surface area (Å²) in [5, 5.41) is 9.27. The van der Waals surface area contributed by atoms with E-state index in [2.05, 4.69) is 9.88 Å². The highest BCUT2D eigenvalue weighted by Crippen LogP contribution is 2.19. The standard InChI is InChI=1S/C11H18N2O2/c1-9-11(12-8-15-9)6-13-5-3-2-4-10(13)7-14/h8,10,14H,2-7H2,1H3.